The maximum absolute atomic E-state index is 9.24. The summed E-state index contributed by atoms with van der Waals surface area (Å²) < 4.78 is 0. The van der Waals surface area contributed by atoms with E-state index in [1.54, 1.807) is 6.07 Å². The van der Waals surface area contributed by atoms with Crippen LogP contribution < -0.4 is 0 Å². The Balaban J connectivity index is 3.23. The highest BCUT2D eigenvalue weighted by Crippen LogP contribution is 2.26. The molecule has 0 aliphatic heterocycles. The Kier molecular flexibility index (Phi) is 2.09. The summed E-state index contributed by atoms with van der Waals surface area (Å²) in [7, 11) is 0. The molecule has 0 radical (unpaired) electrons. The first kappa shape index (κ1) is 9.04. The average molecular weight is 165 g/mol. The van der Waals surface area contributed by atoms with Crippen LogP contribution in [0.3, 0.4) is 0 Å². The molecule has 0 bridgehead atoms. The summed E-state index contributed by atoms with van der Waals surface area (Å²) >= 11 is 0. The Labute approximate surface area is 73.3 Å². The van der Waals surface area contributed by atoms with Crippen molar-refractivity contribution in [3.05, 3.63) is 23.5 Å². The molecule has 1 aromatic rings. The monoisotopic (exact) mass is 165 g/mol. The van der Waals surface area contributed by atoms with E-state index in [-0.39, 0.29) is 11.2 Å². The van der Waals surface area contributed by atoms with Gasteiger partial charge in [0.1, 0.15) is 5.75 Å². The third kappa shape index (κ3) is 1.76. The van der Waals surface area contributed by atoms with Crippen LogP contribution in [0.4, 0.5) is 0 Å². The first-order valence-electron chi connectivity index (χ1n) is 4.07. The fraction of sp³-hybridized carbons (Fsp3) is 0.500. The van der Waals surface area contributed by atoms with Gasteiger partial charge in [-0.05, 0) is 24.0 Å². The summed E-state index contributed by atoms with van der Waals surface area (Å²) in [6.45, 7) is 8.28. The summed E-state index contributed by atoms with van der Waals surface area (Å²) in [4.78, 5) is 4.10. The molecule has 2 nitrogen and oxygen atoms in total. The van der Waals surface area contributed by atoms with Gasteiger partial charge < -0.3 is 5.11 Å². The topological polar surface area (TPSA) is 33.1 Å². The minimum absolute atomic E-state index is 0.0514. The molecule has 0 aliphatic rings. The van der Waals surface area contributed by atoms with Gasteiger partial charge in [-0.15, -0.1) is 0 Å². The van der Waals surface area contributed by atoms with E-state index in [0.29, 0.717) is 0 Å². The Morgan fingerprint density at radius 2 is 1.92 bits per heavy atom. The van der Waals surface area contributed by atoms with E-state index in [1.807, 2.05) is 6.92 Å². The molecule has 1 aromatic heterocycles. The number of hydrogen-bond acceptors (Lipinski definition) is 2. The van der Waals surface area contributed by atoms with Crippen LogP contribution in [0.25, 0.3) is 0 Å². The lowest BCUT2D eigenvalue weighted by atomic mass is 9.86. The van der Waals surface area contributed by atoms with Gasteiger partial charge in [-0.3, -0.25) is 4.98 Å². The van der Waals surface area contributed by atoms with Crippen molar-refractivity contribution in [2.75, 3.05) is 0 Å². The fourth-order valence-corrected chi connectivity index (χ4v) is 1.28. The predicted molar refractivity (Wildman–Crippen MR) is 49.3 cm³/mol. The van der Waals surface area contributed by atoms with Crippen molar-refractivity contribution in [1.82, 2.24) is 4.98 Å². The standard InChI is InChI=1S/C10H15NO/c1-7-9(10(2,3)4)5-8(12)6-11-7/h5-6,12H,1-4H3. The second-order valence-electron chi connectivity index (χ2n) is 4.08. The Bertz CT molecular complexity index is 286. The number of hydrogen-bond donors (Lipinski definition) is 1. The predicted octanol–water partition coefficient (Wildman–Crippen LogP) is 2.39. The number of aromatic nitrogens is 1. The molecule has 0 aliphatic carbocycles. The van der Waals surface area contributed by atoms with Gasteiger partial charge in [0.15, 0.2) is 0 Å². The van der Waals surface area contributed by atoms with Crippen LogP contribution in [-0.2, 0) is 5.41 Å². The number of aryl methyl sites for hydroxylation is 1. The Hall–Kier alpha value is -1.05. The second kappa shape index (κ2) is 2.77. The molecular weight excluding hydrogens is 150 g/mol. The highest BCUT2D eigenvalue weighted by atomic mass is 16.3. The molecule has 12 heavy (non-hydrogen) atoms. The minimum atomic E-state index is 0.0514. The molecule has 1 rings (SSSR count). The summed E-state index contributed by atoms with van der Waals surface area (Å²) in [5.74, 6) is 0.241. The van der Waals surface area contributed by atoms with Crippen LogP contribution in [0.2, 0.25) is 0 Å². The molecule has 0 amide bonds. The molecule has 0 fully saturated rings. The normalized spacial score (nSPS) is 11.7. The van der Waals surface area contributed by atoms with Gasteiger partial charge in [-0.25, -0.2) is 0 Å². The molecule has 2 heteroatoms. The number of aromatic hydroxyl groups is 1. The van der Waals surface area contributed by atoms with E-state index in [2.05, 4.69) is 25.8 Å². The van der Waals surface area contributed by atoms with Crippen LogP contribution in [0.5, 0.6) is 5.75 Å². The van der Waals surface area contributed by atoms with Crippen LogP contribution in [-0.4, -0.2) is 10.1 Å². The van der Waals surface area contributed by atoms with Crippen molar-refractivity contribution in [1.29, 1.82) is 0 Å². The van der Waals surface area contributed by atoms with Crippen molar-refractivity contribution in [2.24, 2.45) is 0 Å². The number of nitrogens with zero attached hydrogens (tertiary/aromatic N) is 1. The molecule has 1 heterocycles. The third-order valence-electron chi connectivity index (χ3n) is 1.88. The maximum Gasteiger partial charge on any atom is 0.134 e. The zero-order valence-corrected chi connectivity index (χ0v) is 8.05. The van der Waals surface area contributed by atoms with Crippen LogP contribution in [0.1, 0.15) is 32.0 Å². The third-order valence-corrected chi connectivity index (χ3v) is 1.88. The van der Waals surface area contributed by atoms with Crippen LogP contribution >= 0.6 is 0 Å². The van der Waals surface area contributed by atoms with Gasteiger partial charge in [-0.1, -0.05) is 20.8 Å². The van der Waals surface area contributed by atoms with E-state index < -0.39 is 0 Å². The van der Waals surface area contributed by atoms with Gasteiger partial charge >= 0.3 is 0 Å². The second-order valence-corrected chi connectivity index (χ2v) is 4.08. The lowest BCUT2D eigenvalue weighted by Crippen LogP contribution is -2.13. The molecular formula is C10H15NO. The van der Waals surface area contributed by atoms with Crippen molar-refractivity contribution >= 4 is 0 Å². The highest BCUT2D eigenvalue weighted by molar-refractivity contribution is 5.32. The number of rotatable bonds is 0. The zero-order chi connectivity index (χ0) is 9.35. The highest BCUT2D eigenvalue weighted by Gasteiger charge is 2.17. The molecule has 0 unspecified atom stereocenters. The maximum atomic E-state index is 9.24. The molecule has 0 spiro atoms. The van der Waals surface area contributed by atoms with Crippen molar-refractivity contribution in [3.63, 3.8) is 0 Å². The van der Waals surface area contributed by atoms with E-state index in [0.717, 1.165) is 11.3 Å². The largest absolute Gasteiger partial charge is 0.506 e. The first-order valence-corrected chi connectivity index (χ1v) is 4.07. The first-order chi connectivity index (χ1) is 5.41. The van der Waals surface area contributed by atoms with E-state index in [4.69, 9.17) is 0 Å². The Morgan fingerprint density at radius 1 is 1.33 bits per heavy atom. The number of pyridine rings is 1. The van der Waals surface area contributed by atoms with Crippen molar-refractivity contribution in [2.45, 2.75) is 33.1 Å². The average Bonchev–Trinajstić information content (AvgIpc) is 1.92. The van der Waals surface area contributed by atoms with E-state index in [1.165, 1.54) is 6.20 Å². The molecule has 1 N–H and O–H groups in total. The fourth-order valence-electron chi connectivity index (χ4n) is 1.28. The minimum Gasteiger partial charge on any atom is -0.506 e. The summed E-state index contributed by atoms with van der Waals surface area (Å²) in [5.41, 5.74) is 2.14. The lowest BCUT2D eigenvalue weighted by molar-refractivity contribution is 0.466. The molecule has 0 aromatic carbocycles. The van der Waals surface area contributed by atoms with Gasteiger partial charge in [-0.2, -0.15) is 0 Å². The zero-order valence-electron chi connectivity index (χ0n) is 8.05. The van der Waals surface area contributed by atoms with Gasteiger partial charge in [0.2, 0.25) is 0 Å². The smallest absolute Gasteiger partial charge is 0.134 e. The SMILES string of the molecule is Cc1ncc(O)cc1C(C)(C)C. The molecule has 0 atom stereocenters. The summed E-state index contributed by atoms with van der Waals surface area (Å²) in [6.07, 6.45) is 1.48. The molecule has 0 saturated heterocycles. The van der Waals surface area contributed by atoms with Crippen LogP contribution in [0.15, 0.2) is 12.3 Å². The van der Waals surface area contributed by atoms with Gasteiger partial charge in [0.05, 0.1) is 6.20 Å². The molecule has 66 valence electrons. The quantitative estimate of drug-likeness (QED) is 0.640. The Morgan fingerprint density at radius 3 is 2.33 bits per heavy atom. The van der Waals surface area contributed by atoms with Crippen LogP contribution in [0, 0.1) is 6.92 Å². The summed E-state index contributed by atoms with van der Waals surface area (Å²) in [5, 5.41) is 9.24. The van der Waals surface area contributed by atoms with E-state index in [9.17, 15) is 5.11 Å². The summed E-state index contributed by atoms with van der Waals surface area (Å²) in [6, 6.07) is 1.78. The lowest BCUT2D eigenvalue weighted by Gasteiger charge is -2.20. The molecule has 0 saturated carbocycles. The van der Waals surface area contributed by atoms with Gasteiger partial charge in [0, 0.05) is 5.69 Å². The van der Waals surface area contributed by atoms with Crippen molar-refractivity contribution in [3.8, 4) is 5.75 Å². The van der Waals surface area contributed by atoms with Gasteiger partial charge in [0.25, 0.3) is 0 Å². The van der Waals surface area contributed by atoms with E-state index >= 15 is 0 Å². The van der Waals surface area contributed by atoms with Crippen molar-refractivity contribution < 1.29 is 5.11 Å².